The zero-order valence-electron chi connectivity index (χ0n) is 15.8. The summed E-state index contributed by atoms with van der Waals surface area (Å²) >= 11 is 0. The fraction of sp³-hybridized carbons (Fsp3) is 0.611. The van der Waals surface area contributed by atoms with E-state index >= 15 is 0 Å². The van der Waals surface area contributed by atoms with Gasteiger partial charge in [0.25, 0.3) is 0 Å². The van der Waals surface area contributed by atoms with Crippen LogP contribution in [0.25, 0.3) is 0 Å². The van der Waals surface area contributed by atoms with Crippen molar-refractivity contribution in [1.29, 1.82) is 0 Å². The minimum atomic E-state index is -3.68. The van der Waals surface area contributed by atoms with Gasteiger partial charge in [0.2, 0.25) is 10.0 Å². The second-order valence-electron chi connectivity index (χ2n) is 7.76. The Labute approximate surface area is 155 Å². The summed E-state index contributed by atoms with van der Waals surface area (Å²) in [5, 5.41) is 12.4. The van der Waals surface area contributed by atoms with Crippen LogP contribution in [0.1, 0.15) is 39.2 Å². The molecule has 1 aromatic carbocycles. The minimum absolute atomic E-state index is 0.0180. The van der Waals surface area contributed by atoms with Crippen molar-refractivity contribution in [2.45, 2.75) is 51.0 Å². The summed E-state index contributed by atoms with van der Waals surface area (Å²) in [5.41, 5.74) is 0.114. The highest BCUT2D eigenvalue weighted by Gasteiger charge is 2.31. The third kappa shape index (κ3) is 5.60. The van der Waals surface area contributed by atoms with E-state index in [1.165, 1.54) is 16.4 Å². The summed E-state index contributed by atoms with van der Waals surface area (Å²) in [7, 11) is -3.68. The Kier molecular flexibility index (Phi) is 6.18. The van der Waals surface area contributed by atoms with Gasteiger partial charge in [-0.1, -0.05) is 0 Å². The van der Waals surface area contributed by atoms with Gasteiger partial charge in [-0.15, -0.1) is 0 Å². The lowest BCUT2D eigenvalue weighted by Crippen LogP contribution is -2.44. The van der Waals surface area contributed by atoms with Crippen molar-refractivity contribution in [2.75, 3.05) is 19.6 Å². The molecule has 1 unspecified atom stereocenters. The Morgan fingerprint density at radius 1 is 1.35 bits per heavy atom. The van der Waals surface area contributed by atoms with Crippen LogP contribution in [0.4, 0.5) is 4.79 Å². The van der Waals surface area contributed by atoms with Gasteiger partial charge in [0.1, 0.15) is 11.4 Å². The molecule has 2 rings (SSSR count). The molecule has 1 heterocycles. The second-order valence-corrected chi connectivity index (χ2v) is 9.70. The van der Waals surface area contributed by atoms with Crippen LogP contribution in [0.15, 0.2) is 23.1 Å². The molecule has 0 spiro atoms. The first-order valence-corrected chi connectivity index (χ1v) is 10.2. The number of nitrogens with one attached hydrogen (secondary N) is 1. The molecule has 1 aliphatic heterocycles. The van der Waals surface area contributed by atoms with E-state index in [0.717, 1.165) is 12.8 Å². The first-order chi connectivity index (χ1) is 12.0. The molecule has 1 aliphatic rings. The number of carbonyl (C=O) groups excluding carboxylic acids is 1. The van der Waals surface area contributed by atoms with Crippen LogP contribution < -0.4 is 5.32 Å². The summed E-state index contributed by atoms with van der Waals surface area (Å²) in [4.78, 5) is 11.9. The Hall–Kier alpha value is -1.80. The number of phenolic OH excluding ortho intramolecular Hbond substituents is 1. The van der Waals surface area contributed by atoms with E-state index in [9.17, 15) is 18.3 Å². The van der Waals surface area contributed by atoms with Crippen LogP contribution in [0.5, 0.6) is 5.75 Å². The van der Waals surface area contributed by atoms with Crippen molar-refractivity contribution >= 4 is 16.1 Å². The van der Waals surface area contributed by atoms with E-state index in [1.54, 1.807) is 33.8 Å². The molecule has 1 fully saturated rings. The molecule has 8 heteroatoms. The lowest BCUT2D eigenvalue weighted by molar-refractivity contribution is 0.0513. The monoisotopic (exact) mass is 384 g/mol. The molecule has 1 saturated heterocycles. The molecular formula is C18H28N2O5S. The van der Waals surface area contributed by atoms with E-state index < -0.39 is 21.7 Å². The maximum atomic E-state index is 12.9. The fourth-order valence-electron chi connectivity index (χ4n) is 2.98. The van der Waals surface area contributed by atoms with Crippen LogP contribution >= 0.6 is 0 Å². The number of alkyl carbamates (subject to hydrolysis) is 1. The predicted octanol–water partition coefficient (Wildman–Crippen LogP) is 2.63. The average molecular weight is 384 g/mol. The normalized spacial score (nSPS) is 19.2. The number of nitrogens with zero attached hydrogens (tertiary/aromatic N) is 1. The predicted molar refractivity (Wildman–Crippen MR) is 98.6 cm³/mol. The quantitative estimate of drug-likeness (QED) is 0.832. The van der Waals surface area contributed by atoms with Crippen molar-refractivity contribution in [2.24, 2.45) is 5.92 Å². The molecule has 2 N–H and O–H groups in total. The first-order valence-electron chi connectivity index (χ1n) is 8.75. The Balaban J connectivity index is 2.02. The Morgan fingerprint density at radius 3 is 2.65 bits per heavy atom. The number of aryl methyl sites for hydroxylation is 1. The molecule has 1 atom stereocenters. The topological polar surface area (TPSA) is 95.9 Å². The van der Waals surface area contributed by atoms with Gasteiger partial charge in [0.05, 0.1) is 4.90 Å². The first kappa shape index (κ1) is 20.5. The number of aromatic hydroxyl groups is 1. The summed E-state index contributed by atoms with van der Waals surface area (Å²) in [6, 6.07) is 4.34. The summed E-state index contributed by atoms with van der Waals surface area (Å²) in [6.07, 6.45) is 1.06. The zero-order chi connectivity index (χ0) is 19.5. The van der Waals surface area contributed by atoms with Crippen LogP contribution in [-0.4, -0.2) is 49.2 Å². The number of rotatable bonds is 4. The number of phenols is 1. The summed E-state index contributed by atoms with van der Waals surface area (Å²) in [5.74, 6) is -0.0480. The molecular weight excluding hydrogens is 356 g/mol. The molecule has 1 amide bonds. The van der Waals surface area contributed by atoms with E-state index in [4.69, 9.17) is 4.74 Å². The number of hydrogen-bond acceptors (Lipinski definition) is 5. The van der Waals surface area contributed by atoms with Crippen LogP contribution in [0, 0.1) is 12.8 Å². The van der Waals surface area contributed by atoms with Gasteiger partial charge in [-0.2, -0.15) is 4.31 Å². The highest BCUT2D eigenvalue weighted by Crippen LogP contribution is 2.26. The van der Waals surface area contributed by atoms with Gasteiger partial charge in [-0.05, 0) is 70.2 Å². The Bertz CT molecular complexity index is 735. The minimum Gasteiger partial charge on any atom is -0.508 e. The molecule has 7 nitrogen and oxygen atoms in total. The third-order valence-electron chi connectivity index (χ3n) is 4.09. The largest absolute Gasteiger partial charge is 0.508 e. The van der Waals surface area contributed by atoms with Crippen LogP contribution in [-0.2, 0) is 14.8 Å². The van der Waals surface area contributed by atoms with Gasteiger partial charge in [-0.3, -0.25) is 0 Å². The fourth-order valence-corrected chi connectivity index (χ4v) is 4.66. The number of sulfonamides is 1. The van der Waals surface area contributed by atoms with Gasteiger partial charge < -0.3 is 15.2 Å². The van der Waals surface area contributed by atoms with Gasteiger partial charge in [0, 0.05) is 19.6 Å². The highest BCUT2D eigenvalue weighted by atomic mass is 32.2. The van der Waals surface area contributed by atoms with Crippen molar-refractivity contribution in [1.82, 2.24) is 9.62 Å². The van der Waals surface area contributed by atoms with Gasteiger partial charge >= 0.3 is 6.09 Å². The number of hydrogen-bond donors (Lipinski definition) is 2. The Morgan fingerprint density at radius 2 is 2.04 bits per heavy atom. The maximum absolute atomic E-state index is 12.9. The molecule has 26 heavy (non-hydrogen) atoms. The zero-order valence-corrected chi connectivity index (χ0v) is 16.6. The third-order valence-corrected chi connectivity index (χ3v) is 5.93. The lowest BCUT2D eigenvalue weighted by atomic mass is 10.00. The lowest BCUT2D eigenvalue weighted by Gasteiger charge is -2.32. The van der Waals surface area contributed by atoms with Crippen molar-refractivity contribution in [3.8, 4) is 5.75 Å². The van der Waals surface area contributed by atoms with Crippen molar-refractivity contribution in [3.63, 3.8) is 0 Å². The number of carbonyl (C=O) groups is 1. The number of piperidine rings is 1. The smallest absolute Gasteiger partial charge is 0.407 e. The number of ether oxygens (including phenoxy) is 1. The van der Waals surface area contributed by atoms with Crippen molar-refractivity contribution < 1.29 is 23.1 Å². The van der Waals surface area contributed by atoms with Gasteiger partial charge in [-0.25, -0.2) is 13.2 Å². The number of benzene rings is 1. The molecule has 0 saturated carbocycles. The van der Waals surface area contributed by atoms with E-state index in [0.29, 0.717) is 25.2 Å². The maximum Gasteiger partial charge on any atom is 0.407 e. The highest BCUT2D eigenvalue weighted by molar-refractivity contribution is 7.89. The summed E-state index contributed by atoms with van der Waals surface area (Å²) in [6.45, 7) is 8.23. The molecule has 1 aromatic rings. The molecule has 0 bridgehead atoms. The average Bonchev–Trinajstić information content (AvgIpc) is 2.50. The molecule has 146 valence electrons. The SMILES string of the molecule is Cc1cc(O)cc(S(=O)(=O)N2CCCC(CNC(=O)OC(C)(C)C)C2)c1. The molecule has 0 aliphatic carbocycles. The molecule has 0 radical (unpaired) electrons. The van der Waals surface area contributed by atoms with E-state index in [2.05, 4.69) is 5.32 Å². The second kappa shape index (κ2) is 7.84. The standard InChI is InChI=1S/C18H28N2O5S/c1-13-8-15(21)10-16(9-13)26(23,24)20-7-5-6-14(12-20)11-19-17(22)25-18(2,3)4/h8-10,14,21H,5-7,11-12H2,1-4H3,(H,19,22). The van der Waals surface area contributed by atoms with Crippen LogP contribution in [0.2, 0.25) is 0 Å². The van der Waals surface area contributed by atoms with Crippen LogP contribution in [0.3, 0.4) is 0 Å². The van der Waals surface area contributed by atoms with Gasteiger partial charge in [0.15, 0.2) is 0 Å². The summed E-state index contributed by atoms with van der Waals surface area (Å²) < 4.78 is 32.4. The number of amides is 1. The van der Waals surface area contributed by atoms with E-state index in [1.807, 2.05) is 0 Å². The van der Waals surface area contributed by atoms with E-state index in [-0.39, 0.29) is 16.6 Å². The van der Waals surface area contributed by atoms with Crippen molar-refractivity contribution in [3.05, 3.63) is 23.8 Å². The molecule has 0 aromatic heterocycles.